The number of Topliss-reactive ketones (excluding diaryl/α,β-unsaturated/α-hetero) is 1. The standard InChI is InChI=1S/C23H23F3N4O3/c1-13-20(21-28-9-15(14-2-3-14)11-30(21)29-13)17(31)8-22(6-7-33-12-19(22)32)16-4-5-18(27-10-16)23(24,25)26/h4-5,9-11,14,19,32H,2-3,6-8,12H2,1H3. The number of ether oxygens (including phenoxy) is 1. The summed E-state index contributed by atoms with van der Waals surface area (Å²) in [5.41, 5.74) is 0.612. The molecule has 0 radical (unpaired) electrons. The van der Waals surface area contributed by atoms with E-state index >= 15 is 0 Å². The second-order valence-electron chi connectivity index (χ2n) is 8.92. The van der Waals surface area contributed by atoms with Gasteiger partial charge in [0.25, 0.3) is 0 Å². The van der Waals surface area contributed by atoms with Crippen LogP contribution in [0.3, 0.4) is 0 Å². The van der Waals surface area contributed by atoms with Crippen molar-refractivity contribution in [1.29, 1.82) is 0 Å². The highest BCUT2D eigenvalue weighted by Gasteiger charge is 2.45. The van der Waals surface area contributed by atoms with Crippen LogP contribution in [0.5, 0.6) is 0 Å². The molecular weight excluding hydrogens is 437 g/mol. The van der Waals surface area contributed by atoms with E-state index in [0.717, 1.165) is 30.7 Å². The number of aliphatic hydroxyl groups is 1. The fourth-order valence-electron chi connectivity index (χ4n) is 4.66. The average molecular weight is 460 g/mol. The second kappa shape index (κ2) is 7.88. The molecule has 2 fully saturated rings. The van der Waals surface area contributed by atoms with Crippen LogP contribution in [-0.4, -0.2) is 49.8 Å². The van der Waals surface area contributed by atoms with E-state index < -0.39 is 23.4 Å². The van der Waals surface area contributed by atoms with Crippen LogP contribution >= 0.6 is 0 Å². The van der Waals surface area contributed by atoms with Gasteiger partial charge in [0.15, 0.2) is 11.4 Å². The first-order chi connectivity index (χ1) is 15.7. The first-order valence-electron chi connectivity index (χ1n) is 10.9. The van der Waals surface area contributed by atoms with E-state index in [2.05, 4.69) is 15.1 Å². The molecule has 1 aliphatic heterocycles. The van der Waals surface area contributed by atoms with Crippen molar-refractivity contribution < 1.29 is 27.8 Å². The molecule has 3 aromatic rings. The normalized spacial score (nSPS) is 23.7. The monoisotopic (exact) mass is 460 g/mol. The SMILES string of the molecule is Cc1nn2cc(C3CC3)cnc2c1C(=O)CC1(c2ccc(C(F)(F)F)nc2)CCOCC1O. The number of aliphatic hydroxyl groups excluding tert-OH is 1. The number of rotatable bonds is 5. The maximum absolute atomic E-state index is 13.5. The Labute approximate surface area is 187 Å². The number of halogens is 3. The van der Waals surface area contributed by atoms with Gasteiger partial charge in [-0.05, 0) is 49.3 Å². The Kier molecular flexibility index (Phi) is 5.24. The van der Waals surface area contributed by atoms with Crippen LogP contribution < -0.4 is 0 Å². The van der Waals surface area contributed by atoms with E-state index in [1.54, 1.807) is 17.6 Å². The van der Waals surface area contributed by atoms with Crippen molar-refractivity contribution >= 4 is 11.4 Å². The number of nitrogens with zero attached hydrogens (tertiary/aromatic N) is 4. The number of carbonyl (C=O) groups excluding carboxylic acids is 1. The predicted molar refractivity (Wildman–Crippen MR) is 111 cm³/mol. The highest BCUT2D eigenvalue weighted by atomic mass is 19.4. The molecule has 5 rings (SSSR count). The summed E-state index contributed by atoms with van der Waals surface area (Å²) < 4.78 is 46.0. The van der Waals surface area contributed by atoms with E-state index in [-0.39, 0.29) is 31.8 Å². The number of carbonyl (C=O) groups is 1. The van der Waals surface area contributed by atoms with E-state index in [1.807, 2.05) is 6.20 Å². The molecule has 0 aromatic carbocycles. The summed E-state index contributed by atoms with van der Waals surface area (Å²) in [5, 5.41) is 15.3. The van der Waals surface area contributed by atoms with Gasteiger partial charge in [-0.15, -0.1) is 0 Å². The van der Waals surface area contributed by atoms with Gasteiger partial charge in [0.05, 0.1) is 24.0 Å². The number of pyridine rings is 1. The quantitative estimate of drug-likeness (QED) is 0.585. The van der Waals surface area contributed by atoms with E-state index in [0.29, 0.717) is 28.4 Å². The van der Waals surface area contributed by atoms with E-state index in [9.17, 15) is 23.1 Å². The van der Waals surface area contributed by atoms with E-state index in [4.69, 9.17) is 4.74 Å². The van der Waals surface area contributed by atoms with Gasteiger partial charge in [0.2, 0.25) is 0 Å². The maximum Gasteiger partial charge on any atom is 0.433 e. The molecule has 174 valence electrons. The molecule has 2 aliphatic rings. The van der Waals surface area contributed by atoms with Gasteiger partial charge in [-0.2, -0.15) is 18.3 Å². The maximum atomic E-state index is 13.5. The molecular formula is C23H23F3N4O3. The Morgan fingerprint density at radius 2 is 2.06 bits per heavy atom. The Hall–Kier alpha value is -2.85. The molecule has 2 atom stereocenters. The molecule has 7 nitrogen and oxygen atoms in total. The first-order valence-corrected chi connectivity index (χ1v) is 10.9. The molecule has 0 spiro atoms. The van der Waals surface area contributed by atoms with Gasteiger partial charge in [0, 0.05) is 37.0 Å². The third-order valence-electron chi connectivity index (χ3n) is 6.71. The fourth-order valence-corrected chi connectivity index (χ4v) is 4.66. The van der Waals surface area contributed by atoms with Gasteiger partial charge in [-0.25, -0.2) is 9.50 Å². The Balaban J connectivity index is 1.51. The fraction of sp³-hybridized carbons (Fsp3) is 0.478. The van der Waals surface area contributed by atoms with Crippen LogP contribution in [0.15, 0.2) is 30.7 Å². The van der Waals surface area contributed by atoms with Gasteiger partial charge < -0.3 is 9.84 Å². The molecule has 2 unspecified atom stereocenters. The van der Waals surface area contributed by atoms with Gasteiger partial charge >= 0.3 is 6.18 Å². The first kappa shape index (κ1) is 22.0. The highest BCUT2D eigenvalue weighted by molar-refractivity contribution is 6.03. The minimum atomic E-state index is -4.57. The summed E-state index contributed by atoms with van der Waals surface area (Å²) in [6.45, 7) is 1.97. The van der Waals surface area contributed by atoms with Crippen molar-refractivity contribution in [3.8, 4) is 0 Å². The Bertz CT molecular complexity index is 1200. The minimum absolute atomic E-state index is 0.0228. The molecule has 0 bridgehead atoms. The third-order valence-corrected chi connectivity index (χ3v) is 6.71. The van der Waals surface area contributed by atoms with Crippen LogP contribution in [0.2, 0.25) is 0 Å². The van der Waals surface area contributed by atoms with Crippen LogP contribution in [0.4, 0.5) is 13.2 Å². The molecule has 1 saturated carbocycles. The summed E-state index contributed by atoms with van der Waals surface area (Å²) in [7, 11) is 0. The lowest BCUT2D eigenvalue weighted by Crippen LogP contribution is -2.48. The zero-order valence-corrected chi connectivity index (χ0v) is 18.0. The minimum Gasteiger partial charge on any atom is -0.390 e. The third kappa shape index (κ3) is 3.91. The lowest BCUT2D eigenvalue weighted by Gasteiger charge is -2.41. The molecule has 10 heteroatoms. The number of alkyl halides is 3. The van der Waals surface area contributed by atoms with Gasteiger partial charge in [0.1, 0.15) is 5.69 Å². The van der Waals surface area contributed by atoms with Crippen molar-refractivity contribution in [3.63, 3.8) is 0 Å². The Morgan fingerprint density at radius 3 is 2.70 bits per heavy atom. The summed E-state index contributed by atoms with van der Waals surface area (Å²) in [4.78, 5) is 21.6. The number of aryl methyl sites for hydroxylation is 1. The Morgan fingerprint density at radius 1 is 1.27 bits per heavy atom. The van der Waals surface area contributed by atoms with Crippen LogP contribution in [0.25, 0.3) is 5.65 Å². The van der Waals surface area contributed by atoms with Gasteiger partial charge in [-0.3, -0.25) is 9.78 Å². The van der Waals surface area contributed by atoms with Gasteiger partial charge in [-0.1, -0.05) is 6.07 Å². The number of hydrogen-bond donors (Lipinski definition) is 1. The van der Waals surface area contributed by atoms with Crippen molar-refractivity contribution in [2.75, 3.05) is 13.2 Å². The average Bonchev–Trinajstić information content (AvgIpc) is 3.56. The zero-order chi connectivity index (χ0) is 23.4. The highest BCUT2D eigenvalue weighted by Crippen LogP contribution is 2.41. The summed E-state index contributed by atoms with van der Waals surface area (Å²) in [6, 6.07) is 2.17. The number of ketones is 1. The molecule has 33 heavy (non-hydrogen) atoms. The molecule has 4 heterocycles. The number of hydrogen-bond acceptors (Lipinski definition) is 6. The van der Waals surface area contributed by atoms with Crippen LogP contribution in [-0.2, 0) is 16.3 Å². The summed E-state index contributed by atoms with van der Waals surface area (Å²) >= 11 is 0. The van der Waals surface area contributed by atoms with Crippen molar-refractivity contribution in [2.24, 2.45) is 0 Å². The van der Waals surface area contributed by atoms with Crippen LogP contribution in [0.1, 0.15) is 64.5 Å². The topological polar surface area (TPSA) is 89.6 Å². The smallest absolute Gasteiger partial charge is 0.390 e. The van der Waals surface area contributed by atoms with Crippen LogP contribution in [0, 0.1) is 6.92 Å². The number of aromatic nitrogens is 4. The zero-order valence-electron chi connectivity index (χ0n) is 18.0. The molecule has 1 N–H and O–H groups in total. The second-order valence-corrected chi connectivity index (χ2v) is 8.92. The molecule has 0 amide bonds. The largest absolute Gasteiger partial charge is 0.433 e. The number of fused-ring (bicyclic) bond motifs is 1. The summed E-state index contributed by atoms with van der Waals surface area (Å²) in [5.74, 6) is 0.202. The molecule has 1 aliphatic carbocycles. The summed E-state index contributed by atoms with van der Waals surface area (Å²) in [6.07, 6.45) is 1.48. The van der Waals surface area contributed by atoms with E-state index in [1.165, 1.54) is 6.07 Å². The molecule has 1 saturated heterocycles. The predicted octanol–water partition coefficient (Wildman–Crippen LogP) is 3.62. The molecule has 3 aromatic heterocycles. The van der Waals surface area contributed by atoms with Crippen molar-refractivity contribution in [3.05, 3.63) is 58.8 Å². The van der Waals surface area contributed by atoms with Crippen molar-refractivity contribution in [1.82, 2.24) is 19.6 Å². The lowest BCUT2D eigenvalue weighted by atomic mass is 9.69. The van der Waals surface area contributed by atoms with Crippen molar-refractivity contribution in [2.45, 2.75) is 56.2 Å². The lowest BCUT2D eigenvalue weighted by molar-refractivity contribution is -0.141.